The molecule has 5 rings (SSSR count). The molecule has 0 bridgehead atoms. The fourth-order valence-corrected chi connectivity index (χ4v) is 6.07. The molecule has 5 nitrogen and oxygen atoms in total. The second kappa shape index (κ2) is 9.08. The highest BCUT2D eigenvalue weighted by Crippen LogP contribution is 2.50. The Morgan fingerprint density at radius 3 is 2.81 bits per heavy atom. The monoisotopic (exact) mass is 456 g/mol. The molecule has 3 aliphatic rings. The third kappa shape index (κ3) is 4.28. The Labute approximate surface area is 194 Å². The number of aromatic nitrogens is 2. The molecule has 7 heteroatoms. The number of nitrogens with one attached hydrogen (secondary N) is 1. The first-order valence-corrected chi connectivity index (χ1v) is 11.9. The van der Waals surface area contributed by atoms with Gasteiger partial charge in [-0.2, -0.15) is 0 Å². The van der Waals surface area contributed by atoms with Gasteiger partial charge in [-0.05, 0) is 55.7 Å². The Morgan fingerprint density at radius 1 is 1.25 bits per heavy atom. The van der Waals surface area contributed by atoms with E-state index in [1.165, 1.54) is 25.5 Å². The van der Waals surface area contributed by atoms with Crippen molar-refractivity contribution in [2.75, 3.05) is 38.2 Å². The van der Waals surface area contributed by atoms with Crippen LogP contribution in [0, 0.1) is 23.1 Å². The zero-order valence-corrected chi connectivity index (χ0v) is 19.0. The van der Waals surface area contributed by atoms with Crippen LogP contribution < -0.4 is 5.32 Å². The van der Waals surface area contributed by atoms with Crippen LogP contribution in [0.5, 0.6) is 0 Å². The summed E-state index contributed by atoms with van der Waals surface area (Å²) in [5, 5.41) is 12.3. The van der Waals surface area contributed by atoms with Gasteiger partial charge in [-0.1, -0.05) is 29.8 Å². The van der Waals surface area contributed by atoms with Gasteiger partial charge < -0.3 is 15.0 Å². The van der Waals surface area contributed by atoms with Crippen molar-refractivity contribution in [1.29, 1.82) is 0 Å². The number of rotatable bonds is 6. The predicted molar refractivity (Wildman–Crippen MR) is 125 cm³/mol. The maximum Gasteiger partial charge on any atom is 0.148 e. The van der Waals surface area contributed by atoms with E-state index in [1.807, 2.05) is 12.1 Å². The third-order valence-electron chi connectivity index (χ3n) is 7.51. The fourth-order valence-electron chi connectivity index (χ4n) is 5.85. The molecule has 2 aromatic rings. The van der Waals surface area contributed by atoms with Crippen LogP contribution in [0.1, 0.15) is 25.7 Å². The number of halogens is 2. The van der Waals surface area contributed by atoms with Crippen LogP contribution in [-0.4, -0.2) is 54.0 Å². The first-order chi connectivity index (χ1) is 15.6. The zero-order chi connectivity index (χ0) is 22.1. The summed E-state index contributed by atoms with van der Waals surface area (Å²) in [7, 11) is 0. The lowest BCUT2D eigenvalue weighted by molar-refractivity contribution is 0.0541. The molecule has 0 radical (unpaired) electrons. The molecule has 3 fully saturated rings. The normalized spacial score (nSPS) is 28.6. The smallest absolute Gasteiger partial charge is 0.148 e. The highest BCUT2D eigenvalue weighted by atomic mass is 35.5. The second-order valence-electron chi connectivity index (χ2n) is 9.57. The molecular formula is C25H30ClFN4O. The van der Waals surface area contributed by atoms with Gasteiger partial charge in [0.2, 0.25) is 0 Å². The minimum absolute atomic E-state index is 0.0735. The molecule has 32 heavy (non-hydrogen) atoms. The topological polar surface area (TPSA) is 50.3 Å². The van der Waals surface area contributed by atoms with Gasteiger partial charge in [-0.15, -0.1) is 16.8 Å². The lowest BCUT2D eigenvalue weighted by Crippen LogP contribution is -2.34. The van der Waals surface area contributed by atoms with Crippen LogP contribution in [0.3, 0.4) is 0 Å². The summed E-state index contributed by atoms with van der Waals surface area (Å²) in [5.41, 5.74) is 1.29. The molecule has 2 saturated heterocycles. The van der Waals surface area contributed by atoms with E-state index < -0.39 is 5.82 Å². The Hall–Kier alpha value is -2.02. The summed E-state index contributed by atoms with van der Waals surface area (Å²) < 4.78 is 19.3. The fraction of sp³-hybridized carbons (Fsp3) is 0.520. The highest BCUT2D eigenvalue weighted by molar-refractivity contribution is 6.33. The number of anilines is 1. The SMILES string of the molecule is C=C[C@@]12C[C@@H](Nc3ccc(-c4cccc(F)c4Cl)nn3)C[C@@H]1CN(CC1CCOCC1)C2. The molecule has 0 spiro atoms. The van der Waals surface area contributed by atoms with Crippen molar-refractivity contribution in [3.63, 3.8) is 0 Å². The number of fused-ring (bicyclic) bond motifs is 1. The summed E-state index contributed by atoms with van der Waals surface area (Å²) in [6.45, 7) is 9.45. The zero-order valence-electron chi connectivity index (χ0n) is 18.3. The standard InChI is InChI=1S/C25H30ClFN4O/c1-2-25-13-19(12-18(25)15-31(16-25)14-17-8-10-32-11-9-17)28-23-7-6-22(29-30-23)20-4-3-5-21(27)24(20)26/h2-7,17-19H,1,8-16H2,(H,28,30)/t18-,19+,25+/m1/s1. The van der Waals surface area contributed by atoms with Crippen molar-refractivity contribution in [3.05, 3.63) is 53.8 Å². The van der Waals surface area contributed by atoms with E-state index in [-0.39, 0.29) is 10.4 Å². The summed E-state index contributed by atoms with van der Waals surface area (Å²) in [5.74, 6) is 1.67. The van der Waals surface area contributed by atoms with E-state index in [0.717, 1.165) is 50.9 Å². The van der Waals surface area contributed by atoms with Gasteiger partial charge in [0.15, 0.2) is 0 Å². The highest BCUT2D eigenvalue weighted by Gasteiger charge is 2.51. The van der Waals surface area contributed by atoms with Crippen molar-refractivity contribution >= 4 is 17.4 Å². The third-order valence-corrected chi connectivity index (χ3v) is 7.90. The average molecular weight is 457 g/mol. The Bertz CT molecular complexity index is 965. The van der Waals surface area contributed by atoms with E-state index in [9.17, 15) is 4.39 Å². The lowest BCUT2D eigenvalue weighted by Gasteiger charge is -2.29. The van der Waals surface area contributed by atoms with Crippen molar-refractivity contribution in [2.24, 2.45) is 17.3 Å². The predicted octanol–water partition coefficient (Wildman–Crippen LogP) is 5.04. The van der Waals surface area contributed by atoms with Crippen molar-refractivity contribution in [3.8, 4) is 11.3 Å². The van der Waals surface area contributed by atoms with E-state index in [1.54, 1.807) is 12.1 Å². The minimum Gasteiger partial charge on any atom is -0.381 e. The largest absolute Gasteiger partial charge is 0.381 e. The molecule has 1 saturated carbocycles. The molecule has 170 valence electrons. The van der Waals surface area contributed by atoms with Crippen molar-refractivity contribution in [1.82, 2.24) is 15.1 Å². The molecule has 3 atom stereocenters. The van der Waals surface area contributed by atoms with Crippen LogP contribution >= 0.6 is 11.6 Å². The van der Waals surface area contributed by atoms with E-state index in [0.29, 0.717) is 23.2 Å². The molecule has 1 aliphatic carbocycles. The summed E-state index contributed by atoms with van der Waals surface area (Å²) in [6.07, 6.45) is 6.73. The minimum atomic E-state index is -0.453. The lowest BCUT2D eigenvalue weighted by atomic mass is 9.81. The Balaban J connectivity index is 1.21. The van der Waals surface area contributed by atoms with Crippen molar-refractivity contribution in [2.45, 2.75) is 31.7 Å². The van der Waals surface area contributed by atoms with Gasteiger partial charge in [0.05, 0.1) is 10.7 Å². The number of hydrogen-bond donors (Lipinski definition) is 1. The maximum atomic E-state index is 13.7. The number of likely N-dealkylation sites (tertiary alicyclic amines) is 1. The van der Waals surface area contributed by atoms with Gasteiger partial charge in [-0.3, -0.25) is 0 Å². The average Bonchev–Trinajstić information content (AvgIpc) is 3.30. The van der Waals surface area contributed by atoms with Crippen LogP contribution in [0.4, 0.5) is 10.2 Å². The van der Waals surface area contributed by atoms with Crippen LogP contribution in [0.25, 0.3) is 11.3 Å². The molecule has 1 aromatic heterocycles. The Kier molecular flexibility index (Phi) is 6.19. The molecule has 0 amide bonds. The second-order valence-corrected chi connectivity index (χ2v) is 9.95. The summed E-state index contributed by atoms with van der Waals surface area (Å²) >= 11 is 6.09. The van der Waals surface area contributed by atoms with E-state index >= 15 is 0 Å². The first kappa shape index (κ1) is 21.8. The number of hydrogen-bond acceptors (Lipinski definition) is 5. The first-order valence-electron chi connectivity index (χ1n) is 11.5. The van der Waals surface area contributed by atoms with Gasteiger partial charge in [0.1, 0.15) is 11.6 Å². The van der Waals surface area contributed by atoms with Gasteiger partial charge in [-0.25, -0.2) is 4.39 Å². The van der Waals surface area contributed by atoms with Crippen LogP contribution in [-0.2, 0) is 4.74 Å². The molecule has 1 aromatic carbocycles. The van der Waals surface area contributed by atoms with Crippen molar-refractivity contribution < 1.29 is 9.13 Å². The van der Waals surface area contributed by atoms with Crippen LogP contribution in [0.2, 0.25) is 5.02 Å². The molecule has 3 heterocycles. The number of benzene rings is 1. The molecule has 2 aliphatic heterocycles. The summed E-state index contributed by atoms with van der Waals surface area (Å²) in [4.78, 5) is 2.65. The number of ether oxygens (including phenoxy) is 1. The van der Waals surface area contributed by atoms with Gasteiger partial charge in [0.25, 0.3) is 0 Å². The quantitative estimate of drug-likeness (QED) is 0.617. The van der Waals surface area contributed by atoms with Gasteiger partial charge in [0, 0.05) is 49.9 Å². The van der Waals surface area contributed by atoms with Crippen LogP contribution in [0.15, 0.2) is 43.0 Å². The molecular weight excluding hydrogens is 427 g/mol. The van der Waals surface area contributed by atoms with E-state index in [2.05, 4.69) is 33.1 Å². The molecule has 0 unspecified atom stereocenters. The van der Waals surface area contributed by atoms with E-state index in [4.69, 9.17) is 16.3 Å². The molecule has 1 N–H and O–H groups in total. The Morgan fingerprint density at radius 2 is 2.09 bits per heavy atom. The maximum absolute atomic E-state index is 13.7. The van der Waals surface area contributed by atoms with Gasteiger partial charge >= 0.3 is 0 Å². The summed E-state index contributed by atoms with van der Waals surface area (Å²) in [6, 6.07) is 8.80. The number of nitrogens with zero attached hydrogens (tertiary/aromatic N) is 3.